The number of rotatable bonds is 4. The standard InChI is InChI=1S/C18H12Br2Cl2N2O3/c1-24-17(25)15(23-18(24)26)6-9-4-12(19)16(13(20)5-9)27-8-10-2-3-11(21)7-14(10)22/h2-7H,8H2,1H3,(H,23,26)/b15-6+. The van der Waals surface area contributed by atoms with Gasteiger partial charge in [0.05, 0.1) is 8.95 Å². The molecule has 0 radical (unpaired) electrons. The Labute approximate surface area is 182 Å². The molecule has 1 fully saturated rings. The number of carbonyl (C=O) groups is 2. The predicted molar refractivity (Wildman–Crippen MR) is 112 cm³/mol. The van der Waals surface area contributed by atoms with E-state index in [1.807, 2.05) is 0 Å². The molecule has 0 aliphatic carbocycles. The molecule has 2 aromatic rings. The van der Waals surface area contributed by atoms with Crippen LogP contribution in [0.2, 0.25) is 10.0 Å². The number of hydrogen-bond acceptors (Lipinski definition) is 3. The second kappa shape index (κ2) is 8.22. The second-order valence-electron chi connectivity index (χ2n) is 5.69. The van der Waals surface area contributed by atoms with Gasteiger partial charge >= 0.3 is 6.03 Å². The number of benzene rings is 2. The van der Waals surface area contributed by atoms with E-state index in [-0.39, 0.29) is 18.2 Å². The molecule has 2 aromatic carbocycles. The van der Waals surface area contributed by atoms with Gasteiger partial charge < -0.3 is 10.1 Å². The SMILES string of the molecule is CN1C(=O)N/C(=C/c2cc(Br)c(OCc3ccc(Cl)cc3Cl)c(Br)c2)C1=O. The number of halogens is 4. The van der Waals surface area contributed by atoms with Crippen LogP contribution < -0.4 is 10.1 Å². The van der Waals surface area contributed by atoms with Crippen molar-refractivity contribution in [1.29, 1.82) is 0 Å². The van der Waals surface area contributed by atoms with Crippen molar-refractivity contribution in [1.82, 2.24) is 10.2 Å². The zero-order valence-electron chi connectivity index (χ0n) is 13.9. The summed E-state index contributed by atoms with van der Waals surface area (Å²) in [6, 6.07) is 8.32. The Balaban J connectivity index is 1.81. The zero-order chi connectivity index (χ0) is 19.7. The summed E-state index contributed by atoms with van der Waals surface area (Å²) in [5.41, 5.74) is 1.72. The molecule has 1 heterocycles. The van der Waals surface area contributed by atoms with Crippen LogP contribution in [-0.2, 0) is 11.4 Å². The minimum Gasteiger partial charge on any atom is -0.486 e. The Bertz CT molecular complexity index is 956. The van der Waals surface area contributed by atoms with Crippen molar-refractivity contribution in [3.63, 3.8) is 0 Å². The molecule has 0 atom stereocenters. The van der Waals surface area contributed by atoms with Gasteiger partial charge in [0.1, 0.15) is 18.1 Å². The van der Waals surface area contributed by atoms with Gasteiger partial charge in [-0.05, 0) is 67.8 Å². The van der Waals surface area contributed by atoms with Crippen molar-refractivity contribution >= 4 is 73.1 Å². The molecule has 3 amide bonds. The Morgan fingerprint density at radius 3 is 2.37 bits per heavy atom. The van der Waals surface area contributed by atoms with Crippen LogP contribution in [0.1, 0.15) is 11.1 Å². The normalized spacial score (nSPS) is 15.4. The van der Waals surface area contributed by atoms with E-state index in [9.17, 15) is 9.59 Å². The summed E-state index contributed by atoms with van der Waals surface area (Å²) in [6.07, 6.45) is 1.60. The molecule has 3 rings (SSSR count). The third-order valence-corrected chi connectivity index (χ3v) is 5.57. The van der Waals surface area contributed by atoms with Gasteiger partial charge in [-0.15, -0.1) is 0 Å². The maximum Gasteiger partial charge on any atom is 0.328 e. The molecule has 5 nitrogen and oxygen atoms in total. The fourth-order valence-electron chi connectivity index (χ4n) is 2.38. The lowest BCUT2D eigenvalue weighted by Crippen LogP contribution is -2.25. The lowest BCUT2D eigenvalue weighted by molar-refractivity contribution is -0.121. The molecule has 1 N–H and O–H groups in total. The molecule has 27 heavy (non-hydrogen) atoms. The maximum atomic E-state index is 12.0. The van der Waals surface area contributed by atoms with Gasteiger partial charge in [0.25, 0.3) is 5.91 Å². The van der Waals surface area contributed by atoms with E-state index < -0.39 is 6.03 Å². The first-order valence-electron chi connectivity index (χ1n) is 7.63. The van der Waals surface area contributed by atoms with Crippen LogP contribution in [0.15, 0.2) is 45.0 Å². The summed E-state index contributed by atoms with van der Waals surface area (Å²) < 4.78 is 7.23. The number of nitrogens with one attached hydrogen (secondary N) is 1. The van der Waals surface area contributed by atoms with Crippen LogP contribution >= 0.6 is 55.1 Å². The van der Waals surface area contributed by atoms with Crippen LogP contribution in [0.5, 0.6) is 5.75 Å². The largest absolute Gasteiger partial charge is 0.486 e. The molecule has 9 heteroatoms. The Hall–Kier alpha value is -1.54. The molecule has 1 saturated heterocycles. The molecule has 140 valence electrons. The number of carbonyl (C=O) groups excluding carboxylic acids is 2. The highest BCUT2D eigenvalue weighted by atomic mass is 79.9. The molecule has 1 aliphatic heterocycles. The maximum absolute atomic E-state index is 12.0. The average Bonchev–Trinajstić information content (AvgIpc) is 2.83. The lowest BCUT2D eigenvalue weighted by atomic mass is 10.2. The van der Waals surface area contributed by atoms with E-state index >= 15 is 0 Å². The summed E-state index contributed by atoms with van der Waals surface area (Å²) in [5.74, 6) is 0.201. The van der Waals surface area contributed by atoms with Gasteiger partial charge in [-0.1, -0.05) is 29.3 Å². The minimum absolute atomic E-state index is 0.211. The molecule has 0 bridgehead atoms. The topological polar surface area (TPSA) is 58.6 Å². The number of likely N-dealkylation sites (N-methyl/N-ethyl adjacent to an activating group) is 1. The smallest absolute Gasteiger partial charge is 0.328 e. The Kier molecular flexibility index (Phi) is 6.15. The number of amides is 3. The first-order chi connectivity index (χ1) is 12.8. The van der Waals surface area contributed by atoms with Crippen molar-refractivity contribution < 1.29 is 14.3 Å². The van der Waals surface area contributed by atoms with Gasteiger partial charge in [0.15, 0.2) is 0 Å². The van der Waals surface area contributed by atoms with Crippen molar-refractivity contribution in [2.75, 3.05) is 7.05 Å². The highest BCUT2D eigenvalue weighted by Crippen LogP contribution is 2.36. The first-order valence-corrected chi connectivity index (χ1v) is 9.97. The van der Waals surface area contributed by atoms with Crippen molar-refractivity contribution in [3.8, 4) is 5.75 Å². The molecule has 0 aromatic heterocycles. The predicted octanol–water partition coefficient (Wildman–Crippen LogP) is 5.62. The summed E-state index contributed by atoms with van der Waals surface area (Å²) >= 11 is 19.0. The Morgan fingerprint density at radius 2 is 1.81 bits per heavy atom. The highest BCUT2D eigenvalue weighted by molar-refractivity contribution is 9.11. The third kappa shape index (κ3) is 4.48. The van der Waals surface area contributed by atoms with E-state index in [2.05, 4.69) is 37.2 Å². The van der Waals surface area contributed by atoms with E-state index in [4.69, 9.17) is 27.9 Å². The summed E-state index contributed by atoms with van der Waals surface area (Å²) in [6.45, 7) is 0.257. The molecule has 0 spiro atoms. The number of nitrogens with zero attached hydrogens (tertiary/aromatic N) is 1. The minimum atomic E-state index is -0.454. The van der Waals surface area contributed by atoms with Gasteiger partial charge in [-0.25, -0.2) is 4.79 Å². The van der Waals surface area contributed by atoms with Crippen molar-refractivity contribution in [2.24, 2.45) is 0 Å². The van der Waals surface area contributed by atoms with E-state index in [0.717, 1.165) is 10.5 Å². The van der Waals surface area contributed by atoms with Gasteiger partial charge in [-0.3, -0.25) is 9.69 Å². The first kappa shape index (κ1) is 20.2. The van der Waals surface area contributed by atoms with E-state index in [0.29, 0.717) is 30.3 Å². The van der Waals surface area contributed by atoms with Crippen LogP contribution in [0.3, 0.4) is 0 Å². The second-order valence-corrected chi connectivity index (χ2v) is 8.24. The number of hydrogen-bond donors (Lipinski definition) is 1. The van der Waals surface area contributed by atoms with Crippen LogP contribution in [0, 0.1) is 0 Å². The Morgan fingerprint density at radius 1 is 1.15 bits per heavy atom. The number of imide groups is 1. The number of ether oxygens (including phenoxy) is 1. The van der Waals surface area contributed by atoms with Crippen LogP contribution in [0.25, 0.3) is 6.08 Å². The zero-order valence-corrected chi connectivity index (χ0v) is 18.5. The summed E-state index contributed by atoms with van der Waals surface area (Å²) in [7, 11) is 1.42. The lowest BCUT2D eigenvalue weighted by Gasteiger charge is -2.12. The fourth-order valence-corrected chi connectivity index (χ4v) is 4.29. The van der Waals surface area contributed by atoms with Crippen molar-refractivity contribution in [3.05, 3.63) is 66.1 Å². The van der Waals surface area contributed by atoms with E-state index in [1.165, 1.54) is 7.05 Å². The monoisotopic (exact) mass is 532 g/mol. The van der Waals surface area contributed by atoms with Crippen LogP contribution in [0.4, 0.5) is 4.79 Å². The molecule has 0 unspecified atom stereocenters. The molecule has 0 saturated carbocycles. The molecular weight excluding hydrogens is 523 g/mol. The summed E-state index contributed by atoms with van der Waals surface area (Å²) in [4.78, 5) is 24.5. The van der Waals surface area contributed by atoms with Crippen LogP contribution in [-0.4, -0.2) is 23.9 Å². The van der Waals surface area contributed by atoms with Gasteiger partial charge in [-0.2, -0.15) is 0 Å². The highest BCUT2D eigenvalue weighted by Gasteiger charge is 2.30. The van der Waals surface area contributed by atoms with E-state index in [1.54, 1.807) is 36.4 Å². The third-order valence-electron chi connectivity index (χ3n) is 3.80. The van der Waals surface area contributed by atoms with Crippen molar-refractivity contribution in [2.45, 2.75) is 6.61 Å². The number of urea groups is 1. The quantitative estimate of drug-likeness (QED) is 0.409. The average molecular weight is 535 g/mol. The molecule has 1 aliphatic rings. The molecular formula is C18H12Br2Cl2N2O3. The van der Waals surface area contributed by atoms with Gasteiger partial charge in [0.2, 0.25) is 0 Å². The van der Waals surface area contributed by atoms with Gasteiger partial charge in [0, 0.05) is 22.7 Å². The fraction of sp³-hybridized carbons (Fsp3) is 0.111. The summed E-state index contributed by atoms with van der Waals surface area (Å²) in [5, 5.41) is 3.61.